The van der Waals surface area contributed by atoms with Crippen LogP contribution in [0.3, 0.4) is 0 Å². The zero-order chi connectivity index (χ0) is 20.3. The summed E-state index contributed by atoms with van der Waals surface area (Å²) in [5.74, 6) is -0.727. The van der Waals surface area contributed by atoms with Crippen LogP contribution >= 0.6 is 15.9 Å². The molecule has 1 aliphatic carbocycles. The van der Waals surface area contributed by atoms with Crippen molar-refractivity contribution in [3.8, 4) is 0 Å². The number of carbonyl (C=O) groups is 2. The van der Waals surface area contributed by atoms with Gasteiger partial charge in [0.15, 0.2) is 0 Å². The van der Waals surface area contributed by atoms with Crippen LogP contribution in [-0.4, -0.2) is 30.3 Å². The Balaban J connectivity index is 1.74. The van der Waals surface area contributed by atoms with Gasteiger partial charge in [-0.25, -0.2) is 4.39 Å². The molecule has 0 aliphatic heterocycles. The third-order valence-corrected chi connectivity index (χ3v) is 5.93. The quantitative estimate of drug-likeness (QED) is 0.716. The van der Waals surface area contributed by atoms with Gasteiger partial charge in [-0.05, 0) is 61.2 Å². The van der Waals surface area contributed by atoms with Gasteiger partial charge in [-0.15, -0.1) is 0 Å². The molecular weight excluding hydrogens is 423 g/mol. The minimum absolute atomic E-state index is 0.0502. The minimum Gasteiger partial charge on any atom is -0.336 e. The maximum Gasteiger partial charge on any atom is 0.243 e. The summed E-state index contributed by atoms with van der Waals surface area (Å²) >= 11 is 3.40. The molecule has 0 radical (unpaired) electrons. The van der Waals surface area contributed by atoms with E-state index < -0.39 is 5.41 Å². The van der Waals surface area contributed by atoms with Gasteiger partial charge in [-0.3, -0.25) is 9.59 Å². The van der Waals surface area contributed by atoms with Crippen molar-refractivity contribution in [3.63, 3.8) is 0 Å². The number of benzene rings is 2. The van der Waals surface area contributed by atoms with Crippen molar-refractivity contribution in [1.29, 1.82) is 0 Å². The highest BCUT2D eigenvalue weighted by Gasteiger charge is 2.44. The third-order valence-electron chi connectivity index (χ3n) is 5.43. The predicted molar refractivity (Wildman–Crippen MR) is 112 cm³/mol. The van der Waals surface area contributed by atoms with Crippen LogP contribution < -0.4 is 5.32 Å². The number of halogens is 2. The Morgan fingerprint density at radius 3 is 2.54 bits per heavy atom. The Morgan fingerprint density at radius 1 is 1.18 bits per heavy atom. The van der Waals surface area contributed by atoms with Gasteiger partial charge >= 0.3 is 0 Å². The van der Waals surface area contributed by atoms with Gasteiger partial charge in [0.1, 0.15) is 5.82 Å². The summed E-state index contributed by atoms with van der Waals surface area (Å²) in [5.41, 5.74) is 1.61. The van der Waals surface area contributed by atoms with E-state index in [0.717, 1.165) is 28.6 Å². The lowest BCUT2D eigenvalue weighted by Crippen LogP contribution is -2.46. The van der Waals surface area contributed by atoms with Crippen LogP contribution in [-0.2, 0) is 15.0 Å². The standard InChI is InChI=1S/C22H24BrFN2O2/c1-15-12-17(23)8-9-19(15)25-20(27)14-26(2)21(28)22(10-3-4-11-22)16-6-5-7-18(24)13-16/h5-9,12-13H,3-4,10-11,14H2,1-2H3,(H,25,27). The van der Waals surface area contributed by atoms with Gasteiger partial charge in [0.05, 0.1) is 12.0 Å². The molecule has 0 aromatic heterocycles. The molecule has 0 unspecified atom stereocenters. The number of likely N-dealkylation sites (N-methyl/N-ethyl adjacent to an activating group) is 1. The van der Waals surface area contributed by atoms with E-state index in [2.05, 4.69) is 21.2 Å². The number of anilines is 1. The normalized spacial score (nSPS) is 15.3. The number of hydrogen-bond donors (Lipinski definition) is 1. The van der Waals surface area contributed by atoms with E-state index in [-0.39, 0.29) is 24.2 Å². The highest BCUT2D eigenvalue weighted by atomic mass is 79.9. The number of rotatable bonds is 5. The topological polar surface area (TPSA) is 49.4 Å². The van der Waals surface area contributed by atoms with E-state index in [4.69, 9.17) is 0 Å². The highest BCUT2D eigenvalue weighted by Crippen LogP contribution is 2.42. The van der Waals surface area contributed by atoms with Crippen LogP contribution in [0.5, 0.6) is 0 Å². The van der Waals surface area contributed by atoms with Gasteiger partial charge in [0.25, 0.3) is 0 Å². The van der Waals surface area contributed by atoms with Crippen molar-refractivity contribution in [2.75, 3.05) is 18.9 Å². The molecule has 2 amide bonds. The minimum atomic E-state index is -0.745. The molecule has 3 rings (SSSR count). The molecule has 2 aromatic carbocycles. The molecule has 1 N–H and O–H groups in total. The zero-order valence-corrected chi connectivity index (χ0v) is 17.7. The molecule has 4 nitrogen and oxygen atoms in total. The monoisotopic (exact) mass is 446 g/mol. The van der Waals surface area contributed by atoms with Gasteiger partial charge in [-0.2, -0.15) is 0 Å². The van der Waals surface area contributed by atoms with E-state index in [1.807, 2.05) is 31.2 Å². The van der Waals surface area contributed by atoms with Crippen LogP contribution in [0.2, 0.25) is 0 Å². The molecule has 0 saturated heterocycles. The van der Waals surface area contributed by atoms with Crippen molar-refractivity contribution in [2.24, 2.45) is 0 Å². The fourth-order valence-corrected chi connectivity index (χ4v) is 4.48. The Labute approximate surface area is 173 Å². The number of amides is 2. The average Bonchev–Trinajstić information content (AvgIpc) is 3.14. The fourth-order valence-electron chi connectivity index (χ4n) is 4.00. The molecular formula is C22H24BrFN2O2. The molecule has 1 aliphatic rings. The zero-order valence-electron chi connectivity index (χ0n) is 16.1. The number of aryl methyl sites for hydroxylation is 1. The second-order valence-corrected chi connectivity index (χ2v) is 8.38. The van der Waals surface area contributed by atoms with Gasteiger partial charge in [-0.1, -0.05) is 40.9 Å². The number of nitrogens with zero attached hydrogens (tertiary/aromatic N) is 1. The summed E-state index contributed by atoms with van der Waals surface area (Å²) in [7, 11) is 1.63. The van der Waals surface area contributed by atoms with Crippen molar-refractivity contribution < 1.29 is 14.0 Å². The first-order valence-corrected chi connectivity index (χ1v) is 10.2. The SMILES string of the molecule is Cc1cc(Br)ccc1NC(=O)CN(C)C(=O)C1(c2cccc(F)c2)CCCC1. The largest absolute Gasteiger partial charge is 0.336 e. The molecule has 2 aromatic rings. The Morgan fingerprint density at radius 2 is 1.89 bits per heavy atom. The molecule has 28 heavy (non-hydrogen) atoms. The first-order valence-electron chi connectivity index (χ1n) is 9.39. The lowest BCUT2D eigenvalue weighted by molar-refractivity contribution is -0.138. The van der Waals surface area contributed by atoms with E-state index in [0.29, 0.717) is 18.4 Å². The molecule has 148 valence electrons. The van der Waals surface area contributed by atoms with Crippen LogP contribution in [0.1, 0.15) is 36.8 Å². The maximum atomic E-state index is 13.8. The third kappa shape index (κ3) is 4.27. The average molecular weight is 447 g/mol. The van der Waals surface area contributed by atoms with Gasteiger partial charge in [0.2, 0.25) is 11.8 Å². The van der Waals surface area contributed by atoms with Gasteiger partial charge < -0.3 is 10.2 Å². The summed E-state index contributed by atoms with van der Waals surface area (Å²) in [5, 5.41) is 2.86. The maximum absolute atomic E-state index is 13.8. The number of hydrogen-bond acceptors (Lipinski definition) is 2. The van der Waals surface area contributed by atoms with Gasteiger partial charge in [0, 0.05) is 17.2 Å². The number of carbonyl (C=O) groups excluding carboxylic acids is 2. The molecule has 0 bridgehead atoms. The van der Waals surface area contributed by atoms with E-state index in [1.54, 1.807) is 13.1 Å². The summed E-state index contributed by atoms with van der Waals surface area (Å²) < 4.78 is 14.7. The molecule has 0 spiro atoms. The van der Waals surface area contributed by atoms with Crippen LogP contribution in [0, 0.1) is 12.7 Å². The van der Waals surface area contributed by atoms with E-state index in [1.165, 1.54) is 17.0 Å². The first kappa shape index (κ1) is 20.5. The Kier molecular flexibility index (Phi) is 6.18. The second kappa shape index (κ2) is 8.43. The smallest absolute Gasteiger partial charge is 0.243 e. The molecule has 6 heteroatoms. The van der Waals surface area contributed by atoms with Crippen LogP contribution in [0.15, 0.2) is 46.9 Å². The predicted octanol–water partition coefficient (Wildman–Crippen LogP) is 4.81. The first-order chi connectivity index (χ1) is 13.3. The molecule has 0 heterocycles. The highest BCUT2D eigenvalue weighted by molar-refractivity contribution is 9.10. The fraction of sp³-hybridized carbons (Fsp3) is 0.364. The van der Waals surface area contributed by atoms with Crippen molar-refractivity contribution >= 4 is 33.4 Å². The summed E-state index contributed by atoms with van der Waals surface area (Å²) in [6.07, 6.45) is 3.18. The molecule has 0 atom stereocenters. The van der Waals surface area contributed by atoms with E-state index >= 15 is 0 Å². The van der Waals surface area contributed by atoms with E-state index in [9.17, 15) is 14.0 Å². The lowest BCUT2D eigenvalue weighted by atomic mass is 9.77. The Bertz CT molecular complexity index is 894. The van der Waals surface area contributed by atoms with Crippen LogP contribution in [0.25, 0.3) is 0 Å². The lowest BCUT2D eigenvalue weighted by Gasteiger charge is -2.32. The van der Waals surface area contributed by atoms with Crippen molar-refractivity contribution in [2.45, 2.75) is 38.0 Å². The summed E-state index contributed by atoms with van der Waals surface area (Å²) in [6.45, 7) is 1.86. The molecule has 1 fully saturated rings. The summed E-state index contributed by atoms with van der Waals surface area (Å²) in [4.78, 5) is 27.3. The number of nitrogens with one attached hydrogen (secondary N) is 1. The van der Waals surface area contributed by atoms with Crippen molar-refractivity contribution in [1.82, 2.24) is 4.90 Å². The summed E-state index contributed by atoms with van der Waals surface area (Å²) in [6, 6.07) is 11.9. The second-order valence-electron chi connectivity index (χ2n) is 7.47. The molecule has 1 saturated carbocycles. The van der Waals surface area contributed by atoms with Crippen LogP contribution in [0.4, 0.5) is 10.1 Å². The Hall–Kier alpha value is -2.21. The van der Waals surface area contributed by atoms with Crippen molar-refractivity contribution in [3.05, 3.63) is 63.9 Å².